The smallest absolute Gasteiger partial charge is 0.332 e. The topological polar surface area (TPSA) is 88.1 Å². The van der Waals surface area contributed by atoms with Crippen LogP contribution in [-0.2, 0) is 30.2 Å². The number of benzene rings is 1. The first-order valence-corrected chi connectivity index (χ1v) is 8.47. The Kier molecular flexibility index (Phi) is 5.27. The summed E-state index contributed by atoms with van der Waals surface area (Å²) in [4.78, 5) is 40.2. The van der Waals surface area contributed by atoms with Crippen molar-refractivity contribution >= 4 is 34.8 Å². The second-order valence-corrected chi connectivity index (χ2v) is 6.31. The minimum Gasteiger partial charge on any atom is -0.461 e. The van der Waals surface area contributed by atoms with E-state index in [4.69, 9.17) is 16.3 Å². The van der Waals surface area contributed by atoms with Crippen molar-refractivity contribution in [2.45, 2.75) is 6.54 Å². The molecule has 0 bridgehead atoms. The standard InChI is InChI=1S/C18H17ClN4O4/c1-21-16-15(17(25)22(2)18(21)26)23(11-20-16)8-9-27-14(24)7-6-12-4-3-5-13(19)10-12/h3-7,10-11H,8-9H2,1-2H3. The summed E-state index contributed by atoms with van der Waals surface area (Å²) in [5, 5.41) is 0.577. The van der Waals surface area contributed by atoms with E-state index in [0.717, 1.165) is 10.1 Å². The summed E-state index contributed by atoms with van der Waals surface area (Å²) >= 11 is 5.89. The van der Waals surface area contributed by atoms with E-state index in [1.54, 1.807) is 35.9 Å². The Bertz CT molecular complexity index is 1160. The predicted octanol–water partition coefficient (Wildman–Crippen LogP) is 1.34. The fourth-order valence-corrected chi connectivity index (χ4v) is 2.83. The van der Waals surface area contributed by atoms with Crippen LogP contribution in [0.25, 0.3) is 17.2 Å². The summed E-state index contributed by atoms with van der Waals surface area (Å²) in [5.74, 6) is -0.514. The van der Waals surface area contributed by atoms with Gasteiger partial charge in [-0.2, -0.15) is 0 Å². The van der Waals surface area contributed by atoms with Gasteiger partial charge in [0.2, 0.25) is 0 Å². The third kappa shape index (κ3) is 3.85. The van der Waals surface area contributed by atoms with Crippen LogP contribution in [0.5, 0.6) is 0 Å². The van der Waals surface area contributed by atoms with Crippen molar-refractivity contribution in [1.82, 2.24) is 18.7 Å². The number of aromatic nitrogens is 4. The minimum absolute atomic E-state index is 0.0518. The maximum Gasteiger partial charge on any atom is 0.332 e. The number of hydrogen-bond acceptors (Lipinski definition) is 5. The molecule has 0 aliphatic heterocycles. The number of halogens is 1. The number of hydrogen-bond donors (Lipinski definition) is 0. The van der Waals surface area contributed by atoms with Gasteiger partial charge in [0.15, 0.2) is 11.2 Å². The molecule has 8 nitrogen and oxygen atoms in total. The summed E-state index contributed by atoms with van der Waals surface area (Å²) in [5.41, 5.74) is 0.456. The lowest BCUT2D eigenvalue weighted by atomic mass is 10.2. The molecule has 0 aliphatic rings. The van der Waals surface area contributed by atoms with Crippen LogP contribution in [0, 0.1) is 0 Å². The first-order valence-electron chi connectivity index (χ1n) is 8.09. The van der Waals surface area contributed by atoms with Crippen molar-refractivity contribution in [2.24, 2.45) is 14.1 Å². The Labute approximate surface area is 158 Å². The number of ether oxygens (including phenoxy) is 1. The molecule has 3 aromatic rings. The van der Waals surface area contributed by atoms with Crippen LogP contribution in [0.15, 0.2) is 46.3 Å². The average molecular weight is 389 g/mol. The van der Waals surface area contributed by atoms with Crippen molar-refractivity contribution < 1.29 is 9.53 Å². The molecular formula is C18H17ClN4O4. The lowest BCUT2D eigenvalue weighted by Crippen LogP contribution is -2.37. The monoisotopic (exact) mass is 388 g/mol. The Morgan fingerprint density at radius 1 is 1.26 bits per heavy atom. The Morgan fingerprint density at radius 3 is 2.78 bits per heavy atom. The molecule has 2 aromatic heterocycles. The number of rotatable bonds is 5. The number of imidazole rings is 1. The van der Waals surface area contributed by atoms with E-state index in [1.165, 1.54) is 24.0 Å². The lowest BCUT2D eigenvalue weighted by molar-refractivity contribution is -0.137. The summed E-state index contributed by atoms with van der Waals surface area (Å²) < 4.78 is 9.03. The quantitative estimate of drug-likeness (QED) is 0.486. The van der Waals surface area contributed by atoms with E-state index in [0.29, 0.717) is 5.02 Å². The molecule has 0 atom stereocenters. The number of fused-ring (bicyclic) bond motifs is 1. The van der Waals surface area contributed by atoms with Gasteiger partial charge in [0, 0.05) is 25.2 Å². The van der Waals surface area contributed by atoms with Gasteiger partial charge in [0.1, 0.15) is 6.61 Å². The predicted molar refractivity (Wildman–Crippen MR) is 102 cm³/mol. The molecule has 0 N–H and O–H groups in total. The molecule has 140 valence electrons. The number of nitrogens with zero attached hydrogens (tertiary/aromatic N) is 4. The second-order valence-electron chi connectivity index (χ2n) is 5.87. The van der Waals surface area contributed by atoms with Gasteiger partial charge in [0.25, 0.3) is 5.56 Å². The van der Waals surface area contributed by atoms with Crippen molar-refractivity contribution in [3.63, 3.8) is 0 Å². The molecule has 3 rings (SSSR count). The minimum atomic E-state index is -0.514. The molecule has 0 aliphatic carbocycles. The first kappa shape index (κ1) is 18.7. The zero-order valence-electron chi connectivity index (χ0n) is 14.8. The second kappa shape index (κ2) is 7.63. The van der Waals surface area contributed by atoms with Gasteiger partial charge >= 0.3 is 11.7 Å². The summed E-state index contributed by atoms with van der Waals surface area (Å²) in [6.07, 6.45) is 4.36. The number of carbonyl (C=O) groups excluding carboxylic acids is 1. The largest absolute Gasteiger partial charge is 0.461 e. The third-order valence-electron chi connectivity index (χ3n) is 4.05. The third-order valence-corrected chi connectivity index (χ3v) is 4.29. The van der Waals surface area contributed by atoms with Crippen LogP contribution in [0.1, 0.15) is 5.56 Å². The zero-order chi connectivity index (χ0) is 19.6. The van der Waals surface area contributed by atoms with Crippen LogP contribution in [0.2, 0.25) is 5.02 Å². The summed E-state index contributed by atoms with van der Waals surface area (Å²) in [6.45, 7) is 0.289. The summed E-state index contributed by atoms with van der Waals surface area (Å²) in [7, 11) is 2.95. The highest BCUT2D eigenvalue weighted by molar-refractivity contribution is 6.30. The van der Waals surface area contributed by atoms with Gasteiger partial charge in [-0.15, -0.1) is 0 Å². The molecule has 0 unspecified atom stereocenters. The molecule has 0 spiro atoms. The normalized spacial score (nSPS) is 11.4. The van der Waals surface area contributed by atoms with Crippen LogP contribution in [0.3, 0.4) is 0 Å². The van der Waals surface area contributed by atoms with Crippen molar-refractivity contribution in [3.05, 3.63) is 68.1 Å². The molecular weight excluding hydrogens is 372 g/mol. The number of carbonyl (C=O) groups is 1. The molecule has 0 amide bonds. The molecule has 2 heterocycles. The molecule has 0 saturated carbocycles. The Morgan fingerprint density at radius 2 is 2.04 bits per heavy atom. The first-order chi connectivity index (χ1) is 12.9. The maximum absolute atomic E-state index is 12.3. The van der Waals surface area contributed by atoms with Crippen molar-refractivity contribution in [1.29, 1.82) is 0 Å². The number of esters is 1. The van der Waals surface area contributed by atoms with E-state index in [2.05, 4.69) is 4.98 Å². The molecule has 27 heavy (non-hydrogen) atoms. The number of aryl methyl sites for hydroxylation is 1. The highest BCUT2D eigenvalue weighted by Gasteiger charge is 2.14. The molecule has 0 radical (unpaired) electrons. The van der Waals surface area contributed by atoms with Gasteiger partial charge in [-0.05, 0) is 23.8 Å². The van der Waals surface area contributed by atoms with E-state index in [1.807, 2.05) is 6.07 Å². The Hall–Kier alpha value is -3.13. The molecule has 1 aromatic carbocycles. The molecule has 0 fully saturated rings. The fraction of sp³-hybridized carbons (Fsp3) is 0.222. The lowest BCUT2D eigenvalue weighted by Gasteiger charge is -2.07. The average Bonchev–Trinajstić information content (AvgIpc) is 3.07. The van der Waals surface area contributed by atoms with E-state index < -0.39 is 17.2 Å². The Balaban J connectivity index is 1.68. The maximum atomic E-state index is 12.3. The van der Waals surface area contributed by atoms with Crippen LogP contribution in [-0.4, -0.2) is 31.3 Å². The molecule has 0 saturated heterocycles. The zero-order valence-corrected chi connectivity index (χ0v) is 15.5. The highest BCUT2D eigenvalue weighted by Crippen LogP contribution is 2.12. The van der Waals surface area contributed by atoms with Gasteiger partial charge in [-0.25, -0.2) is 14.6 Å². The fourth-order valence-electron chi connectivity index (χ4n) is 2.63. The summed E-state index contributed by atoms with van der Waals surface area (Å²) in [6, 6.07) is 7.06. The van der Waals surface area contributed by atoms with Gasteiger partial charge < -0.3 is 9.30 Å². The van der Waals surface area contributed by atoms with Crippen LogP contribution in [0.4, 0.5) is 0 Å². The van der Waals surface area contributed by atoms with Crippen LogP contribution < -0.4 is 11.2 Å². The highest BCUT2D eigenvalue weighted by atomic mass is 35.5. The van der Waals surface area contributed by atoms with E-state index >= 15 is 0 Å². The van der Waals surface area contributed by atoms with E-state index in [9.17, 15) is 14.4 Å². The van der Waals surface area contributed by atoms with Gasteiger partial charge in [0.05, 0.1) is 12.9 Å². The van der Waals surface area contributed by atoms with Crippen molar-refractivity contribution in [2.75, 3.05) is 6.61 Å². The van der Waals surface area contributed by atoms with Gasteiger partial charge in [-0.3, -0.25) is 13.9 Å². The molecule has 9 heteroatoms. The van der Waals surface area contributed by atoms with E-state index in [-0.39, 0.29) is 24.3 Å². The van der Waals surface area contributed by atoms with Gasteiger partial charge in [-0.1, -0.05) is 23.7 Å². The SMILES string of the molecule is Cn1c(=O)c2c(ncn2CCOC(=O)C=Cc2cccc(Cl)c2)n(C)c1=O. The van der Waals surface area contributed by atoms with Crippen LogP contribution >= 0.6 is 11.6 Å². The van der Waals surface area contributed by atoms with Crippen molar-refractivity contribution in [3.8, 4) is 0 Å².